The minimum atomic E-state index is -0.312. The lowest BCUT2D eigenvalue weighted by Crippen LogP contribution is -2.41. The second-order valence-electron chi connectivity index (χ2n) is 7.71. The fourth-order valence-corrected chi connectivity index (χ4v) is 4.01. The number of likely N-dealkylation sites (tertiary alicyclic amines) is 1. The number of carbonyl (C=O) groups excluding carboxylic acids is 1. The third kappa shape index (κ3) is 3.99. The predicted octanol–water partition coefficient (Wildman–Crippen LogP) is 5.44. The first kappa shape index (κ1) is 19.2. The van der Waals surface area contributed by atoms with Crippen molar-refractivity contribution in [2.75, 3.05) is 18.4 Å². The number of urea groups is 1. The van der Waals surface area contributed by atoms with Crippen molar-refractivity contribution in [2.24, 2.45) is 0 Å². The van der Waals surface area contributed by atoms with Gasteiger partial charge in [0.1, 0.15) is 5.82 Å². The highest BCUT2D eigenvalue weighted by atomic mass is 19.1. The van der Waals surface area contributed by atoms with Crippen LogP contribution in [0.1, 0.15) is 24.7 Å². The molecule has 1 saturated heterocycles. The Balaban J connectivity index is 1.30. The highest BCUT2D eigenvalue weighted by molar-refractivity contribution is 6.01. The van der Waals surface area contributed by atoms with Crippen LogP contribution in [-0.2, 0) is 0 Å². The van der Waals surface area contributed by atoms with Gasteiger partial charge >= 0.3 is 6.03 Å². The van der Waals surface area contributed by atoms with Gasteiger partial charge in [-0.05, 0) is 48.6 Å². The van der Waals surface area contributed by atoms with Gasteiger partial charge in [0.25, 0.3) is 0 Å². The lowest BCUT2D eigenvalue weighted by molar-refractivity contribution is 0.184. The molecule has 0 bridgehead atoms. The van der Waals surface area contributed by atoms with Crippen LogP contribution in [0.3, 0.4) is 0 Å². The number of rotatable bonds is 3. The molecule has 1 fully saturated rings. The van der Waals surface area contributed by atoms with E-state index in [-0.39, 0.29) is 17.8 Å². The Morgan fingerprint density at radius 1 is 1.06 bits per heavy atom. The monoisotopic (exact) mass is 416 g/mol. The first-order valence-corrected chi connectivity index (χ1v) is 10.3. The van der Waals surface area contributed by atoms with Gasteiger partial charge in [-0.3, -0.25) is 0 Å². The van der Waals surface area contributed by atoms with Crippen molar-refractivity contribution in [3.05, 3.63) is 78.4 Å². The molecule has 156 valence electrons. The molecule has 7 heteroatoms. The quantitative estimate of drug-likeness (QED) is 0.483. The molecule has 0 saturated carbocycles. The third-order valence-corrected chi connectivity index (χ3v) is 5.63. The Morgan fingerprint density at radius 3 is 2.74 bits per heavy atom. The van der Waals surface area contributed by atoms with E-state index in [1.165, 1.54) is 12.1 Å². The van der Waals surface area contributed by atoms with E-state index in [0.29, 0.717) is 30.4 Å². The zero-order valence-corrected chi connectivity index (χ0v) is 16.8. The molecule has 0 unspecified atom stereocenters. The standard InChI is InChI=1S/C24H21FN4O2/c25-19-12-10-17(11-13-19)22-27-23(31-28-22)18-7-4-14-29(15-18)24(30)26-21-9-3-6-16-5-1-2-8-20(16)21/h1-3,5-6,8-13,18H,4,7,14-15H2,(H,26,30)/t18-/m0/s1. The largest absolute Gasteiger partial charge is 0.339 e. The number of piperidine rings is 1. The summed E-state index contributed by atoms with van der Waals surface area (Å²) in [5.41, 5.74) is 1.49. The molecule has 31 heavy (non-hydrogen) atoms. The molecule has 2 heterocycles. The molecule has 5 rings (SSSR count). The maximum absolute atomic E-state index is 13.2. The second-order valence-corrected chi connectivity index (χ2v) is 7.71. The highest BCUT2D eigenvalue weighted by Crippen LogP contribution is 2.29. The van der Waals surface area contributed by atoms with Crippen molar-refractivity contribution < 1.29 is 13.7 Å². The molecule has 1 aliphatic heterocycles. The molecule has 0 spiro atoms. The van der Waals surface area contributed by atoms with Crippen molar-refractivity contribution in [1.82, 2.24) is 15.0 Å². The minimum Gasteiger partial charge on any atom is -0.339 e. The van der Waals surface area contributed by atoms with Crippen LogP contribution in [0.25, 0.3) is 22.2 Å². The van der Waals surface area contributed by atoms with Crippen molar-refractivity contribution in [2.45, 2.75) is 18.8 Å². The van der Waals surface area contributed by atoms with Gasteiger partial charge in [0.2, 0.25) is 11.7 Å². The van der Waals surface area contributed by atoms with E-state index in [1.807, 2.05) is 42.5 Å². The normalized spacial score (nSPS) is 16.4. The van der Waals surface area contributed by atoms with Crippen LogP contribution in [0.4, 0.5) is 14.9 Å². The number of anilines is 1. The van der Waals surface area contributed by atoms with Gasteiger partial charge in [0.05, 0.1) is 11.6 Å². The summed E-state index contributed by atoms with van der Waals surface area (Å²) >= 11 is 0. The summed E-state index contributed by atoms with van der Waals surface area (Å²) in [5, 5.41) is 9.17. The van der Waals surface area contributed by atoms with Gasteiger partial charge in [-0.25, -0.2) is 9.18 Å². The number of benzene rings is 3. The summed E-state index contributed by atoms with van der Waals surface area (Å²) < 4.78 is 18.6. The smallest absolute Gasteiger partial charge is 0.321 e. The van der Waals surface area contributed by atoms with Gasteiger partial charge in [-0.15, -0.1) is 0 Å². The molecule has 4 aromatic rings. The zero-order chi connectivity index (χ0) is 21.2. The average Bonchev–Trinajstić information content (AvgIpc) is 3.30. The number of carbonyl (C=O) groups is 1. The molecule has 0 aliphatic carbocycles. The Kier molecular flexibility index (Phi) is 5.08. The zero-order valence-electron chi connectivity index (χ0n) is 16.8. The molecule has 1 N–H and O–H groups in total. The Hall–Kier alpha value is -3.74. The van der Waals surface area contributed by atoms with E-state index in [1.54, 1.807) is 17.0 Å². The summed E-state index contributed by atoms with van der Waals surface area (Å²) in [7, 11) is 0. The van der Waals surface area contributed by atoms with Crippen LogP contribution in [0.5, 0.6) is 0 Å². The molecule has 0 radical (unpaired) electrons. The number of nitrogens with zero attached hydrogens (tertiary/aromatic N) is 3. The number of nitrogens with one attached hydrogen (secondary N) is 1. The molecular formula is C24H21FN4O2. The molecule has 1 atom stereocenters. The molecule has 1 aromatic heterocycles. The summed E-state index contributed by atoms with van der Waals surface area (Å²) in [5.74, 6) is 0.579. The molecule has 2 amide bonds. The number of aromatic nitrogens is 2. The van der Waals surface area contributed by atoms with E-state index < -0.39 is 0 Å². The van der Waals surface area contributed by atoms with Crippen LogP contribution in [-0.4, -0.2) is 34.2 Å². The van der Waals surface area contributed by atoms with Crippen LogP contribution in [0.2, 0.25) is 0 Å². The number of hydrogen-bond acceptors (Lipinski definition) is 4. The Morgan fingerprint density at radius 2 is 1.87 bits per heavy atom. The molecular weight excluding hydrogens is 395 g/mol. The maximum Gasteiger partial charge on any atom is 0.321 e. The van der Waals surface area contributed by atoms with Crippen molar-refractivity contribution in [1.29, 1.82) is 0 Å². The van der Waals surface area contributed by atoms with E-state index in [4.69, 9.17) is 4.52 Å². The van der Waals surface area contributed by atoms with Crippen molar-refractivity contribution in [3.63, 3.8) is 0 Å². The van der Waals surface area contributed by atoms with E-state index in [2.05, 4.69) is 15.5 Å². The number of halogens is 1. The number of hydrogen-bond donors (Lipinski definition) is 1. The highest BCUT2D eigenvalue weighted by Gasteiger charge is 2.29. The second kappa shape index (κ2) is 8.18. The van der Waals surface area contributed by atoms with Crippen LogP contribution in [0.15, 0.2) is 71.3 Å². The lowest BCUT2D eigenvalue weighted by atomic mass is 9.98. The topological polar surface area (TPSA) is 71.3 Å². The summed E-state index contributed by atoms with van der Waals surface area (Å²) in [6.45, 7) is 1.17. The van der Waals surface area contributed by atoms with Crippen LogP contribution < -0.4 is 5.32 Å². The molecule has 3 aromatic carbocycles. The van der Waals surface area contributed by atoms with Gasteiger partial charge in [0.15, 0.2) is 0 Å². The van der Waals surface area contributed by atoms with Crippen LogP contribution >= 0.6 is 0 Å². The van der Waals surface area contributed by atoms with Crippen molar-refractivity contribution in [3.8, 4) is 11.4 Å². The van der Waals surface area contributed by atoms with E-state index >= 15 is 0 Å². The number of amides is 2. The fraction of sp³-hybridized carbons (Fsp3) is 0.208. The van der Waals surface area contributed by atoms with Crippen molar-refractivity contribution >= 4 is 22.5 Å². The summed E-state index contributed by atoms with van der Waals surface area (Å²) in [4.78, 5) is 19.2. The van der Waals surface area contributed by atoms with Gasteiger partial charge in [0, 0.05) is 24.0 Å². The number of fused-ring (bicyclic) bond motifs is 1. The summed E-state index contributed by atoms with van der Waals surface area (Å²) in [6, 6.07) is 19.7. The summed E-state index contributed by atoms with van der Waals surface area (Å²) in [6.07, 6.45) is 1.71. The van der Waals surface area contributed by atoms with Gasteiger partial charge in [-0.1, -0.05) is 41.6 Å². The van der Waals surface area contributed by atoms with E-state index in [0.717, 1.165) is 29.3 Å². The Labute approximate surface area is 178 Å². The predicted molar refractivity (Wildman–Crippen MR) is 116 cm³/mol. The first-order valence-electron chi connectivity index (χ1n) is 10.3. The van der Waals surface area contributed by atoms with Gasteiger partial charge in [-0.2, -0.15) is 4.98 Å². The average molecular weight is 416 g/mol. The fourth-order valence-electron chi connectivity index (χ4n) is 4.01. The van der Waals surface area contributed by atoms with Gasteiger partial charge < -0.3 is 14.7 Å². The SMILES string of the molecule is O=C(Nc1cccc2ccccc12)N1CCC[C@H](c2nc(-c3ccc(F)cc3)no2)C1. The lowest BCUT2D eigenvalue weighted by Gasteiger charge is -2.31. The maximum atomic E-state index is 13.2. The van der Waals surface area contributed by atoms with Crippen LogP contribution in [0, 0.1) is 5.82 Å². The first-order chi connectivity index (χ1) is 15.2. The molecule has 1 aliphatic rings. The molecule has 6 nitrogen and oxygen atoms in total. The van der Waals surface area contributed by atoms with E-state index in [9.17, 15) is 9.18 Å². The minimum absolute atomic E-state index is 0.0336. The Bertz CT molecular complexity index is 1220. The third-order valence-electron chi connectivity index (χ3n) is 5.63.